The lowest BCUT2D eigenvalue weighted by Crippen LogP contribution is -2.32. The van der Waals surface area contributed by atoms with Gasteiger partial charge in [0.05, 0.1) is 24.3 Å². The number of rotatable bonds is 5. The zero-order valence-electron chi connectivity index (χ0n) is 10.7. The van der Waals surface area contributed by atoms with E-state index in [1.54, 1.807) is 20.3 Å². The minimum absolute atomic E-state index is 0.0270. The van der Waals surface area contributed by atoms with Gasteiger partial charge in [-0.3, -0.25) is 0 Å². The van der Waals surface area contributed by atoms with E-state index in [1.165, 1.54) is 0 Å². The minimum atomic E-state index is -0.189. The molecular formula is C13H20ClNO2. The summed E-state index contributed by atoms with van der Waals surface area (Å²) in [5, 5.41) is 0.585. The van der Waals surface area contributed by atoms with Crippen molar-refractivity contribution in [1.82, 2.24) is 0 Å². The van der Waals surface area contributed by atoms with Gasteiger partial charge in [0.15, 0.2) is 0 Å². The highest BCUT2D eigenvalue weighted by atomic mass is 35.5. The predicted molar refractivity (Wildman–Crippen MR) is 70.6 cm³/mol. The molecule has 0 amide bonds. The third-order valence-corrected chi connectivity index (χ3v) is 3.16. The van der Waals surface area contributed by atoms with Crippen LogP contribution in [0.3, 0.4) is 0 Å². The Morgan fingerprint density at radius 1 is 1.24 bits per heavy atom. The molecule has 1 rings (SSSR count). The number of ether oxygens (including phenoxy) is 2. The first-order valence-corrected chi connectivity index (χ1v) is 6.00. The van der Waals surface area contributed by atoms with Crippen LogP contribution in [0.5, 0.6) is 5.75 Å². The van der Waals surface area contributed by atoms with Crippen molar-refractivity contribution in [2.45, 2.75) is 26.0 Å². The van der Waals surface area contributed by atoms with Crippen LogP contribution in [0.25, 0.3) is 0 Å². The van der Waals surface area contributed by atoms with E-state index in [0.717, 1.165) is 5.56 Å². The van der Waals surface area contributed by atoms with Crippen LogP contribution in [-0.4, -0.2) is 20.3 Å². The van der Waals surface area contributed by atoms with E-state index < -0.39 is 0 Å². The Labute approximate surface area is 108 Å². The molecule has 0 aliphatic carbocycles. The highest BCUT2D eigenvalue weighted by Gasteiger charge is 2.23. The lowest BCUT2D eigenvalue weighted by Gasteiger charge is -2.26. The molecule has 0 aromatic heterocycles. The molecule has 2 N–H and O–H groups in total. The zero-order chi connectivity index (χ0) is 13.0. The summed E-state index contributed by atoms with van der Waals surface area (Å²) >= 11 is 5.98. The molecule has 1 aromatic rings. The van der Waals surface area contributed by atoms with Crippen LogP contribution in [0.1, 0.15) is 25.5 Å². The van der Waals surface area contributed by atoms with Gasteiger partial charge in [0.1, 0.15) is 5.75 Å². The van der Waals surface area contributed by atoms with Gasteiger partial charge >= 0.3 is 0 Å². The third-order valence-electron chi connectivity index (χ3n) is 2.84. The van der Waals surface area contributed by atoms with Crippen molar-refractivity contribution >= 4 is 11.6 Å². The van der Waals surface area contributed by atoms with E-state index in [9.17, 15) is 0 Å². The summed E-state index contributed by atoms with van der Waals surface area (Å²) in [7, 11) is 3.27. The smallest absolute Gasteiger partial charge is 0.137 e. The second kappa shape index (κ2) is 6.24. The van der Waals surface area contributed by atoms with Crippen molar-refractivity contribution < 1.29 is 9.47 Å². The second-order valence-corrected chi connectivity index (χ2v) is 4.77. The van der Waals surface area contributed by atoms with Gasteiger partial charge in [0.2, 0.25) is 0 Å². The summed E-state index contributed by atoms with van der Waals surface area (Å²) in [4.78, 5) is 0. The van der Waals surface area contributed by atoms with Gasteiger partial charge in [-0.15, -0.1) is 0 Å². The third kappa shape index (κ3) is 3.35. The fourth-order valence-corrected chi connectivity index (χ4v) is 2.10. The molecule has 0 radical (unpaired) electrons. The Bertz CT molecular complexity index is 368. The SMILES string of the molecule is COc1cc(C(N)C(OC)C(C)C)ccc1Cl. The van der Waals surface area contributed by atoms with Crippen LogP contribution in [0.4, 0.5) is 0 Å². The van der Waals surface area contributed by atoms with E-state index in [4.69, 9.17) is 26.8 Å². The summed E-state index contributed by atoms with van der Waals surface area (Å²) in [5.74, 6) is 0.981. The van der Waals surface area contributed by atoms with Gasteiger partial charge in [-0.1, -0.05) is 31.5 Å². The average Bonchev–Trinajstić information content (AvgIpc) is 2.29. The molecule has 2 unspecified atom stereocenters. The van der Waals surface area contributed by atoms with Crippen LogP contribution in [0.2, 0.25) is 5.02 Å². The van der Waals surface area contributed by atoms with E-state index in [0.29, 0.717) is 16.7 Å². The topological polar surface area (TPSA) is 44.5 Å². The molecule has 0 aliphatic heterocycles. The summed E-state index contributed by atoms with van der Waals surface area (Å²) in [6, 6.07) is 5.37. The normalized spacial score (nSPS) is 14.8. The molecule has 3 nitrogen and oxygen atoms in total. The number of halogens is 1. The summed E-state index contributed by atoms with van der Waals surface area (Å²) < 4.78 is 10.6. The molecule has 0 fully saturated rings. The molecule has 0 aliphatic rings. The first-order chi connectivity index (χ1) is 8.01. The van der Waals surface area contributed by atoms with Gasteiger partial charge < -0.3 is 15.2 Å². The molecule has 0 bridgehead atoms. The molecule has 0 spiro atoms. The number of nitrogens with two attached hydrogens (primary N) is 1. The molecule has 17 heavy (non-hydrogen) atoms. The number of hydrogen-bond donors (Lipinski definition) is 1. The maximum Gasteiger partial charge on any atom is 0.137 e. The average molecular weight is 258 g/mol. The summed E-state index contributed by atoms with van der Waals surface area (Å²) in [5.41, 5.74) is 7.17. The lowest BCUT2D eigenvalue weighted by molar-refractivity contribution is 0.0437. The van der Waals surface area contributed by atoms with E-state index in [2.05, 4.69) is 13.8 Å². The van der Waals surface area contributed by atoms with Crippen molar-refractivity contribution in [3.05, 3.63) is 28.8 Å². The zero-order valence-corrected chi connectivity index (χ0v) is 11.5. The molecule has 96 valence electrons. The van der Waals surface area contributed by atoms with Gasteiger partial charge in [0, 0.05) is 7.11 Å². The molecule has 1 aromatic carbocycles. The Morgan fingerprint density at radius 3 is 2.35 bits per heavy atom. The van der Waals surface area contributed by atoms with Gasteiger partial charge in [-0.2, -0.15) is 0 Å². The Morgan fingerprint density at radius 2 is 1.88 bits per heavy atom. The van der Waals surface area contributed by atoms with Crippen molar-refractivity contribution in [3.8, 4) is 5.75 Å². The maximum atomic E-state index is 6.20. The van der Waals surface area contributed by atoms with Crippen LogP contribution in [0.15, 0.2) is 18.2 Å². The van der Waals surface area contributed by atoms with Crippen LogP contribution in [-0.2, 0) is 4.74 Å². The number of methoxy groups -OCH3 is 2. The Hall–Kier alpha value is -0.770. The highest BCUT2D eigenvalue weighted by molar-refractivity contribution is 6.32. The molecular weight excluding hydrogens is 238 g/mol. The molecule has 0 saturated heterocycles. The summed E-state index contributed by atoms with van der Waals surface area (Å²) in [6.45, 7) is 4.17. The first-order valence-electron chi connectivity index (χ1n) is 5.63. The standard InChI is InChI=1S/C13H20ClNO2/c1-8(2)13(17-4)12(15)9-5-6-10(14)11(7-9)16-3/h5-8,12-13H,15H2,1-4H3. The Balaban J connectivity index is 2.99. The van der Waals surface area contributed by atoms with Gasteiger partial charge in [0.25, 0.3) is 0 Å². The molecule has 4 heteroatoms. The maximum absolute atomic E-state index is 6.20. The number of benzene rings is 1. The van der Waals surface area contributed by atoms with E-state index >= 15 is 0 Å². The first kappa shape index (κ1) is 14.3. The van der Waals surface area contributed by atoms with Crippen LogP contribution in [0, 0.1) is 5.92 Å². The molecule has 0 heterocycles. The van der Waals surface area contributed by atoms with E-state index in [1.807, 2.05) is 12.1 Å². The fourth-order valence-electron chi connectivity index (χ4n) is 1.91. The van der Waals surface area contributed by atoms with Crippen molar-refractivity contribution in [2.75, 3.05) is 14.2 Å². The van der Waals surface area contributed by atoms with Crippen LogP contribution < -0.4 is 10.5 Å². The monoisotopic (exact) mass is 257 g/mol. The fraction of sp³-hybridized carbons (Fsp3) is 0.538. The molecule has 2 atom stereocenters. The largest absolute Gasteiger partial charge is 0.495 e. The van der Waals surface area contributed by atoms with Gasteiger partial charge in [-0.25, -0.2) is 0 Å². The molecule has 0 saturated carbocycles. The lowest BCUT2D eigenvalue weighted by atomic mass is 9.94. The number of hydrogen-bond acceptors (Lipinski definition) is 3. The van der Waals surface area contributed by atoms with Crippen molar-refractivity contribution in [2.24, 2.45) is 11.7 Å². The second-order valence-electron chi connectivity index (χ2n) is 4.36. The van der Waals surface area contributed by atoms with Crippen molar-refractivity contribution in [3.63, 3.8) is 0 Å². The van der Waals surface area contributed by atoms with Crippen molar-refractivity contribution in [1.29, 1.82) is 0 Å². The predicted octanol–water partition coefficient (Wildman–Crippen LogP) is 3.02. The highest BCUT2D eigenvalue weighted by Crippen LogP contribution is 2.30. The summed E-state index contributed by atoms with van der Waals surface area (Å²) in [6.07, 6.45) is -0.0270. The van der Waals surface area contributed by atoms with E-state index in [-0.39, 0.29) is 12.1 Å². The van der Waals surface area contributed by atoms with Gasteiger partial charge in [-0.05, 0) is 23.6 Å². The quantitative estimate of drug-likeness (QED) is 0.882. The Kier molecular flexibility index (Phi) is 5.25. The minimum Gasteiger partial charge on any atom is -0.495 e. The van der Waals surface area contributed by atoms with Crippen LogP contribution >= 0.6 is 11.6 Å².